The molecule has 96 valence electrons. The largest absolute Gasteiger partial charge is 0.488 e. The van der Waals surface area contributed by atoms with Crippen LogP contribution in [0, 0.1) is 0 Å². The van der Waals surface area contributed by atoms with Gasteiger partial charge in [0.2, 0.25) is 5.91 Å². The number of para-hydroxylation sites is 1. The van der Waals surface area contributed by atoms with Gasteiger partial charge in [-0.25, -0.2) is 0 Å². The number of nitrogens with one attached hydrogen (secondary N) is 2. The maximum atomic E-state index is 11.8. The van der Waals surface area contributed by atoms with Gasteiger partial charge in [-0.2, -0.15) is 0 Å². The number of thioether (sulfide) groups is 1. The Kier molecular flexibility index (Phi) is 3.43. The molecule has 5 heteroatoms. The van der Waals surface area contributed by atoms with Crippen molar-refractivity contribution in [3.63, 3.8) is 0 Å². The minimum Gasteiger partial charge on any atom is -0.488 e. The first-order chi connectivity index (χ1) is 8.83. The highest BCUT2D eigenvalue weighted by Gasteiger charge is 2.26. The second-order valence-electron chi connectivity index (χ2n) is 4.57. The molecule has 1 aromatic rings. The Hall–Kier alpha value is -1.20. The van der Waals surface area contributed by atoms with E-state index in [9.17, 15) is 4.79 Å². The van der Waals surface area contributed by atoms with Crippen molar-refractivity contribution in [2.75, 3.05) is 18.2 Å². The van der Waals surface area contributed by atoms with E-state index in [-0.39, 0.29) is 18.1 Å². The molecule has 2 N–H and O–H groups in total. The maximum absolute atomic E-state index is 11.8. The first kappa shape index (κ1) is 11.9. The molecule has 0 aliphatic carbocycles. The number of amides is 1. The second kappa shape index (κ2) is 5.20. The lowest BCUT2D eigenvalue weighted by molar-refractivity contribution is -0.122. The average molecular weight is 264 g/mol. The van der Waals surface area contributed by atoms with Crippen LogP contribution >= 0.6 is 11.8 Å². The molecular formula is C13H16N2O2S. The molecule has 1 fully saturated rings. The monoisotopic (exact) mass is 264 g/mol. The SMILES string of the molecule is O=C(NCC1Cc2ccccc2O1)C1CSCN1. The lowest BCUT2D eigenvalue weighted by atomic mass is 10.1. The normalized spacial score (nSPS) is 25.6. The summed E-state index contributed by atoms with van der Waals surface area (Å²) in [6.07, 6.45) is 0.948. The average Bonchev–Trinajstić information content (AvgIpc) is 3.04. The highest BCUT2D eigenvalue weighted by molar-refractivity contribution is 7.99. The Bertz CT molecular complexity index is 421. The molecule has 0 saturated carbocycles. The summed E-state index contributed by atoms with van der Waals surface area (Å²) in [5.74, 6) is 2.76. The van der Waals surface area contributed by atoms with Crippen molar-refractivity contribution in [2.45, 2.75) is 18.6 Å². The summed E-state index contributed by atoms with van der Waals surface area (Å²) in [5, 5.41) is 6.12. The molecular weight excluding hydrogens is 248 g/mol. The molecule has 0 aromatic heterocycles. The standard InChI is InChI=1S/C13H16N2O2S/c16-13(11-7-18-8-15-11)14-6-10-5-9-3-1-2-4-12(9)17-10/h1-4,10-11,15H,5-8H2,(H,14,16). The Morgan fingerprint density at radius 3 is 3.17 bits per heavy atom. The number of fused-ring (bicyclic) bond motifs is 1. The van der Waals surface area contributed by atoms with E-state index in [4.69, 9.17) is 4.74 Å². The van der Waals surface area contributed by atoms with Crippen LogP contribution < -0.4 is 15.4 Å². The highest BCUT2D eigenvalue weighted by atomic mass is 32.2. The zero-order valence-corrected chi connectivity index (χ0v) is 10.8. The van der Waals surface area contributed by atoms with Crippen molar-refractivity contribution in [3.05, 3.63) is 29.8 Å². The Labute approximate surface area is 110 Å². The molecule has 0 radical (unpaired) electrons. The molecule has 1 amide bonds. The summed E-state index contributed by atoms with van der Waals surface area (Å²) in [5.41, 5.74) is 1.23. The molecule has 4 nitrogen and oxygen atoms in total. The zero-order chi connectivity index (χ0) is 12.4. The van der Waals surface area contributed by atoms with E-state index < -0.39 is 0 Å². The fourth-order valence-electron chi connectivity index (χ4n) is 2.27. The zero-order valence-electron chi connectivity index (χ0n) is 10.0. The van der Waals surface area contributed by atoms with Gasteiger partial charge < -0.3 is 10.1 Å². The van der Waals surface area contributed by atoms with Crippen LogP contribution in [-0.4, -0.2) is 36.2 Å². The quantitative estimate of drug-likeness (QED) is 0.846. The van der Waals surface area contributed by atoms with Gasteiger partial charge in [-0.3, -0.25) is 10.1 Å². The first-order valence-corrected chi connectivity index (χ1v) is 7.32. The smallest absolute Gasteiger partial charge is 0.238 e. The molecule has 2 heterocycles. The van der Waals surface area contributed by atoms with Crippen LogP contribution in [0.15, 0.2) is 24.3 Å². The van der Waals surface area contributed by atoms with Gasteiger partial charge in [-0.15, -0.1) is 11.8 Å². The minimum atomic E-state index is -0.0428. The van der Waals surface area contributed by atoms with Crippen LogP contribution in [-0.2, 0) is 11.2 Å². The predicted octanol–water partition coefficient (Wildman–Crippen LogP) is 0.769. The fraction of sp³-hybridized carbons (Fsp3) is 0.462. The minimum absolute atomic E-state index is 0.0428. The van der Waals surface area contributed by atoms with Crippen LogP contribution in [0.4, 0.5) is 0 Å². The van der Waals surface area contributed by atoms with Gasteiger partial charge >= 0.3 is 0 Å². The summed E-state index contributed by atoms with van der Waals surface area (Å²) in [4.78, 5) is 11.8. The van der Waals surface area contributed by atoms with E-state index in [2.05, 4.69) is 16.7 Å². The van der Waals surface area contributed by atoms with Crippen molar-refractivity contribution in [1.82, 2.24) is 10.6 Å². The summed E-state index contributed by atoms with van der Waals surface area (Å²) in [6, 6.07) is 8.00. The van der Waals surface area contributed by atoms with E-state index in [0.29, 0.717) is 6.54 Å². The maximum Gasteiger partial charge on any atom is 0.238 e. The van der Waals surface area contributed by atoms with Crippen molar-refractivity contribution >= 4 is 17.7 Å². The molecule has 1 aromatic carbocycles. The number of hydrogen-bond donors (Lipinski definition) is 2. The second-order valence-corrected chi connectivity index (χ2v) is 5.60. The number of hydrogen-bond acceptors (Lipinski definition) is 4. The molecule has 0 spiro atoms. The molecule has 0 bridgehead atoms. The van der Waals surface area contributed by atoms with Gasteiger partial charge in [0.25, 0.3) is 0 Å². The van der Waals surface area contributed by atoms with Gasteiger partial charge in [0.15, 0.2) is 0 Å². The molecule has 2 atom stereocenters. The van der Waals surface area contributed by atoms with E-state index >= 15 is 0 Å². The summed E-state index contributed by atoms with van der Waals surface area (Å²) in [7, 11) is 0. The molecule has 2 aliphatic rings. The van der Waals surface area contributed by atoms with Crippen molar-refractivity contribution < 1.29 is 9.53 Å². The van der Waals surface area contributed by atoms with Crippen molar-refractivity contribution in [1.29, 1.82) is 0 Å². The molecule has 2 unspecified atom stereocenters. The third-order valence-electron chi connectivity index (χ3n) is 3.25. The first-order valence-electron chi connectivity index (χ1n) is 6.16. The third-order valence-corrected chi connectivity index (χ3v) is 4.19. The highest BCUT2D eigenvalue weighted by Crippen LogP contribution is 2.27. The predicted molar refractivity (Wildman–Crippen MR) is 71.8 cm³/mol. The Morgan fingerprint density at radius 2 is 2.39 bits per heavy atom. The summed E-state index contributed by atoms with van der Waals surface area (Å²) in [6.45, 7) is 0.580. The molecule has 18 heavy (non-hydrogen) atoms. The summed E-state index contributed by atoms with van der Waals surface area (Å²) < 4.78 is 5.78. The number of benzene rings is 1. The van der Waals surface area contributed by atoms with Crippen LogP contribution in [0.1, 0.15) is 5.56 Å². The van der Waals surface area contributed by atoms with E-state index in [1.807, 2.05) is 18.2 Å². The van der Waals surface area contributed by atoms with Gasteiger partial charge in [-0.1, -0.05) is 18.2 Å². The summed E-state index contributed by atoms with van der Waals surface area (Å²) >= 11 is 1.76. The van der Waals surface area contributed by atoms with Crippen molar-refractivity contribution in [2.24, 2.45) is 0 Å². The van der Waals surface area contributed by atoms with Gasteiger partial charge in [-0.05, 0) is 11.6 Å². The number of carbonyl (C=O) groups excluding carboxylic acids is 1. The van der Waals surface area contributed by atoms with Crippen LogP contribution in [0.2, 0.25) is 0 Å². The Balaban J connectivity index is 1.49. The van der Waals surface area contributed by atoms with E-state index in [1.54, 1.807) is 11.8 Å². The van der Waals surface area contributed by atoms with Crippen molar-refractivity contribution in [3.8, 4) is 5.75 Å². The number of rotatable bonds is 3. The van der Waals surface area contributed by atoms with Crippen LogP contribution in [0.25, 0.3) is 0 Å². The third kappa shape index (κ3) is 2.47. The Morgan fingerprint density at radius 1 is 1.50 bits per heavy atom. The van der Waals surface area contributed by atoms with Crippen LogP contribution in [0.3, 0.4) is 0 Å². The van der Waals surface area contributed by atoms with Gasteiger partial charge in [0.05, 0.1) is 12.6 Å². The molecule has 1 saturated heterocycles. The van der Waals surface area contributed by atoms with Gasteiger partial charge in [0, 0.05) is 18.1 Å². The van der Waals surface area contributed by atoms with Gasteiger partial charge in [0.1, 0.15) is 11.9 Å². The lowest BCUT2D eigenvalue weighted by Crippen LogP contribution is -2.45. The van der Waals surface area contributed by atoms with E-state index in [1.165, 1.54) is 5.56 Å². The number of carbonyl (C=O) groups is 1. The van der Waals surface area contributed by atoms with E-state index in [0.717, 1.165) is 23.8 Å². The molecule has 3 rings (SSSR count). The molecule has 2 aliphatic heterocycles. The topological polar surface area (TPSA) is 50.4 Å². The lowest BCUT2D eigenvalue weighted by Gasteiger charge is -2.14. The fourth-order valence-corrected chi connectivity index (χ4v) is 3.21. The van der Waals surface area contributed by atoms with Crippen LogP contribution in [0.5, 0.6) is 5.75 Å². The number of ether oxygens (including phenoxy) is 1.